The molecule has 6 heteroatoms. The summed E-state index contributed by atoms with van der Waals surface area (Å²) in [4.78, 5) is 6.22. The number of nitrogens with one attached hydrogen (secondary N) is 2. The van der Waals surface area contributed by atoms with Crippen LogP contribution in [0.5, 0.6) is 0 Å². The summed E-state index contributed by atoms with van der Waals surface area (Å²) < 4.78 is 37.0. The van der Waals surface area contributed by atoms with Crippen molar-refractivity contribution < 1.29 is 13.2 Å². The van der Waals surface area contributed by atoms with Crippen LogP contribution in [0.2, 0.25) is 0 Å². The fraction of sp³-hybridized carbons (Fsp3) is 0.571. The van der Waals surface area contributed by atoms with Gasteiger partial charge in [0, 0.05) is 5.69 Å². The molecular formula is C7H10F3N3. The third kappa shape index (κ3) is 2.00. The molecule has 0 aliphatic rings. The van der Waals surface area contributed by atoms with Gasteiger partial charge in [0.15, 0.2) is 0 Å². The predicted molar refractivity (Wildman–Crippen MR) is 41.2 cm³/mol. The van der Waals surface area contributed by atoms with Crippen LogP contribution in [0.1, 0.15) is 17.4 Å². The molecule has 1 aromatic heterocycles. The van der Waals surface area contributed by atoms with Crippen LogP contribution in [-0.2, 0) is 0 Å². The highest BCUT2D eigenvalue weighted by molar-refractivity contribution is 5.15. The summed E-state index contributed by atoms with van der Waals surface area (Å²) in [6, 6.07) is -1.70. The molecular weight excluding hydrogens is 183 g/mol. The van der Waals surface area contributed by atoms with Crippen LogP contribution < -0.4 is 5.32 Å². The van der Waals surface area contributed by atoms with Gasteiger partial charge in [0.25, 0.3) is 0 Å². The number of aryl methyl sites for hydroxylation is 1. The molecule has 0 saturated heterocycles. The van der Waals surface area contributed by atoms with Crippen molar-refractivity contribution >= 4 is 0 Å². The van der Waals surface area contributed by atoms with E-state index in [-0.39, 0.29) is 5.69 Å². The summed E-state index contributed by atoms with van der Waals surface area (Å²) in [6.45, 7) is 1.55. The maximum absolute atomic E-state index is 12.3. The van der Waals surface area contributed by atoms with Gasteiger partial charge in [-0.15, -0.1) is 0 Å². The molecule has 1 rings (SSSR count). The molecule has 0 aliphatic heterocycles. The van der Waals surface area contributed by atoms with Crippen LogP contribution in [0.25, 0.3) is 0 Å². The average molecular weight is 193 g/mol. The molecule has 0 saturated carbocycles. The Morgan fingerprint density at radius 1 is 1.54 bits per heavy atom. The van der Waals surface area contributed by atoms with E-state index in [9.17, 15) is 13.2 Å². The van der Waals surface area contributed by atoms with Crippen molar-refractivity contribution in [1.82, 2.24) is 15.3 Å². The van der Waals surface area contributed by atoms with E-state index in [4.69, 9.17) is 0 Å². The zero-order chi connectivity index (χ0) is 10.1. The maximum Gasteiger partial charge on any atom is 0.409 e. The molecule has 0 amide bonds. The number of aromatic amines is 1. The maximum atomic E-state index is 12.3. The monoisotopic (exact) mass is 193 g/mol. The normalized spacial score (nSPS) is 14.5. The minimum Gasteiger partial charge on any atom is -0.348 e. The van der Waals surface area contributed by atoms with Crippen molar-refractivity contribution in [2.45, 2.75) is 19.1 Å². The molecule has 74 valence electrons. The van der Waals surface area contributed by atoms with Gasteiger partial charge in [-0.2, -0.15) is 13.2 Å². The van der Waals surface area contributed by atoms with Gasteiger partial charge in [-0.25, -0.2) is 4.98 Å². The SMILES string of the molecule is CNC(c1nc[nH]c1C)C(F)(F)F. The molecule has 0 spiro atoms. The Hall–Kier alpha value is -1.04. The van der Waals surface area contributed by atoms with Crippen LogP contribution in [0.4, 0.5) is 13.2 Å². The lowest BCUT2D eigenvalue weighted by molar-refractivity contribution is -0.157. The Labute approximate surface area is 73.4 Å². The molecule has 0 radical (unpaired) electrons. The van der Waals surface area contributed by atoms with Gasteiger partial charge < -0.3 is 10.3 Å². The average Bonchev–Trinajstić information content (AvgIpc) is 2.35. The fourth-order valence-corrected chi connectivity index (χ4v) is 1.12. The quantitative estimate of drug-likeness (QED) is 0.748. The highest BCUT2D eigenvalue weighted by atomic mass is 19.4. The molecule has 1 heterocycles. The largest absolute Gasteiger partial charge is 0.409 e. The lowest BCUT2D eigenvalue weighted by Gasteiger charge is -2.18. The standard InChI is InChI=1S/C7H10F3N3/c1-4-5(13-3-12-4)6(11-2)7(8,9)10/h3,6,11H,1-2H3,(H,12,13). The fourth-order valence-electron chi connectivity index (χ4n) is 1.12. The first-order valence-electron chi connectivity index (χ1n) is 3.70. The summed E-state index contributed by atoms with van der Waals surface area (Å²) in [5, 5.41) is 2.18. The number of rotatable bonds is 2. The lowest BCUT2D eigenvalue weighted by Crippen LogP contribution is -2.32. The number of halogens is 3. The third-order valence-corrected chi connectivity index (χ3v) is 1.76. The van der Waals surface area contributed by atoms with Crippen LogP contribution in [0.15, 0.2) is 6.33 Å². The number of aromatic nitrogens is 2. The van der Waals surface area contributed by atoms with Crippen molar-refractivity contribution in [3.8, 4) is 0 Å². The van der Waals surface area contributed by atoms with Gasteiger partial charge in [0.05, 0.1) is 12.0 Å². The smallest absolute Gasteiger partial charge is 0.348 e. The highest BCUT2D eigenvalue weighted by Gasteiger charge is 2.41. The van der Waals surface area contributed by atoms with E-state index in [1.807, 2.05) is 0 Å². The Morgan fingerprint density at radius 2 is 2.15 bits per heavy atom. The van der Waals surface area contributed by atoms with Gasteiger partial charge in [-0.3, -0.25) is 0 Å². The molecule has 0 bridgehead atoms. The van der Waals surface area contributed by atoms with Crippen LogP contribution in [0, 0.1) is 6.92 Å². The van der Waals surface area contributed by atoms with Crippen molar-refractivity contribution in [3.05, 3.63) is 17.7 Å². The Balaban J connectivity index is 2.98. The molecule has 1 aromatic rings. The Bertz CT molecular complexity index is 279. The van der Waals surface area contributed by atoms with E-state index in [0.29, 0.717) is 5.69 Å². The number of hydrogen-bond donors (Lipinski definition) is 2. The van der Waals surface area contributed by atoms with Crippen molar-refractivity contribution in [2.24, 2.45) is 0 Å². The van der Waals surface area contributed by atoms with Crippen molar-refractivity contribution in [3.63, 3.8) is 0 Å². The molecule has 1 atom stereocenters. The van der Waals surface area contributed by atoms with Gasteiger partial charge in [-0.1, -0.05) is 0 Å². The number of imidazole rings is 1. The summed E-state index contributed by atoms with van der Waals surface area (Å²) in [5.41, 5.74) is 0.423. The predicted octanol–water partition coefficient (Wildman–Crippen LogP) is 1.54. The lowest BCUT2D eigenvalue weighted by atomic mass is 10.2. The minimum absolute atomic E-state index is 0.00463. The molecule has 0 fully saturated rings. The number of H-pyrrole nitrogens is 1. The molecule has 1 unspecified atom stereocenters. The van der Waals surface area contributed by atoms with E-state index in [1.54, 1.807) is 6.92 Å². The highest BCUT2D eigenvalue weighted by Crippen LogP contribution is 2.32. The third-order valence-electron chi connectivity index (χ3n) is 1.76. The van der Waals surface area contributed by atoms with Crippen LogP contribution in [0.3, 0.4) is 0 Å². The van der Waals surface area contributed by atoms with Gasteiger partial charge in [-0.05, 0) is 14.0 Å². The topological polar surface area (TPSA) is 40.7 Å². The second kappa shape index (κ2) is 3.37. The van der Waals surface area contributed by atoms with Gasteiger partial charge in [0.2, 0.25) is 0 Å². The van der Waals surface area contributed by atoms with E-state index < -0.39 is 12.2 Å². The van der Waals surface area contributed by atoms with Crippen molar-refractivity contribution in [1.29, 1.82) is 0 Å². The minimum atomic E-state index is -4.31. The summed E-state index contributed by atoms with van der Waals surface area (Å²) in [5.74, 6) is 0. The van der Waals surface area contributed by atoms with E-state index in [0.717, 1.165) is 0 Å². The van der Waals surface area contributed by atoms with E-state index >= 15 is 0 Å². The Kier molecular flexibility index (Phi) is 2.60. The van der Waals surface area contributed by atoms with Gasteiger partial charge in [0.1, 0.15) is 6.04 Å². The zero-order valence-corrected chi connectivity index (χ0v) is 7.24. The molecule has 13 heavy (non-hydrogen) atoms. The first-order valence-corrected chi connectivity index (χ1v) is 3.70. The van der Waals surface area contributed by atoms with E-state index in [2.05, 4.69) is 15.3 Å². The number of alkyl halides is 3. The number of nitrogens with zero attached hydrogens (tertiary/aromatic N) is 1. The van der Waals surface area contributed by atoms with Crippen molar-refractivity contribution in [2.75, 3.05) is 7.05 Å². The zero-order valence-electron chi connectivity index (χ0n) is 7.24. The van der Waals surface area contributed by atoms with E-state index in [1.165, 1.54) is 13.4 Å². The summed E-state index contributed by atoms with van der Waals surface area (Å²) in [6.07, 6.45) is -3.06. The van der Waals surface area contributed by atoms with Crippen LogP contribution in [-0.4, -0.2) is 23.2 Å². The molecule has 2 N–H and O–H groups in total. The first-order chi connectivity index (χ1) is 5.96. The summed E-state index contributed by atoms with van der Waals surface area (Å²) in [7, 11) is 1.26. The number of hydrogen-bond acceptors (Lipinski definition) is 2. The molecule has 0 aromatic carbocycles. The summed E-state index contributed by atoms with van der Waals surface area (Å²) >= 11 is 0. The second-order valence-electron chi connectivity index (χ2n) is 2.68. The Morgan fingerprint density at radius 3 is 2.46 bits per heavy atom. The molecule has 0 aliphatic carbocycles. The van der Waals surface area contributed by atoms with Gasteiger partial charge >= 0.3 is 6.18 Å². The van der Waals surface area contributed by atoms with Crippen LogP contribution >= 0.6 is 0 Å². The first kappa shape index (κ1) is 10.0. The molecule has 3 nitrogen and oxygen atoms in total. The second-order valence-corrected chi connectivity index (χ2v) is 2.68.